The molecule has 0 amide bonds. The highest BCUT2D eigenvalue weighted by molar-refractivity contribution is 5.66. The normalized spacial score (nSPS) is 10.7. The van der Waals surface area contributed by atoms with Gasteiger partial charge in [-0.2, -0.15) is 0 Å². The second kappa shape index (κ2) is 4.93. The molecule has 0 spiro atoms. The first kappa shape index (κ1) is 11.7. The number of nitrogen functional groups attached to an aromatic ring is 1. The molecule has 1 aromatic carbocycles. The van der Waals surface area contributed by atoms with Crippen LogP contribution < -0.4 is 5.73 Å². The molecule has 0 heterocycles. The fraction of sp³-hybridized carbons (Fsp3) is 0.273. The van der Waals surface area contributed by atoms with E-state index in [0.717, 1.165) is 16.7 Å². The van der Waals surface area contributed by atoms with Crippen molar-refractivity contribution in [3.63, 3.8) is 0 Å². The maximum atomic E-state index is 8.80. The Balaban J connectivity index is 2.79. The Kier molecular flexibility index (Phi) is 3.85. The summed E-state index contributed by atoms with van der Waals surface area (Å²) < 4.78 is 0. The molecule has 1 aromatic rings. The molecule has 0 radical (unpaired) electrons. The topological polar surface area (TPSA) is 58.7 Å². The molecule has 1 rings (SSSR count). The summed E-state index contributed by atoms with van der Waals surface area (Å²) in [6.07, 6.45) is 0. The Morgan fingerprint density at radius 1 is 1.60 bits per heavy atom. The maximum Gasteiger partial charge on any atom is 0.0982 e. The predicted octanol–water partition coefficient (Wildman–Crippen LogP) is 2.05. The standard InChI is InChI=1S/C11H16N2O2/c1-8(2)9-4-5-10(11(12)6-9)7-15-13(3)14/h4-6,14H,1,7,12H2,2-3H3. The van der Waals surface area contributed by atoms with Crippen molar-refractivity contribution in [3.05, 3.63) is 35.9 Å². The van der Waals surface area contributed by atoms with Crippen molar-refractivity contribution in [1.82, 2.24) is 5.23 Å². The molecule has 0 unspecified atom stereocenters. The quantitative estimate of drug-likeness (QED) is 0.587. The number of benzene rings is 1. The van der Waals surface area contributed by atoms with Crippen LogP contribution in [0.3, 0.4) is 0 Å². The summed E-state index contributed by atoms with van der Waals surface area (Å²) in [5.74, 6) is 0. The monoisotopic (exact) mass is 208 g/mol. The van der Waals surface area contributed by atoms with Crippen LogP contribution in [0.2, 0.25) is 0 Å². The van der Waals surface area contributed by atoms with E-state index in [1.165, 1.54) is 7.05 Å². The first-order chi connectivity index (χ1) is 7.00. The third-order valence-corrected chi connectivity index (χ3v) is 2.05. The molecule has 0 aliphatic rings. The van der Waals surface area contributed by atoms with Crippen LogP contribution >= 0.6 is 0 Å². The number of hydrogen-bond acceptors (Lipinski definition) is 4. The van der Waals surface area contributed by atoms with Gasteiger partial charge in [-0.3, -0.25) is 10.0 Å². The Hall–Kier alpha value is -1.36. The molecular weight excluding hydrogens is 192 g/mol. The summed E-state index contributed by atoms with van der Waals surface area (Å²) in [5, 5.41) is 9.46. The smallest absolute Gasteiger partial charge is 0.0982 e. The lowest BCUT2D eigenvalue weighted by Gasteiger charge is -2.11. The van der Waals surface area contributed by atoms with Gasteiger partial charge in [-0.25, -0.2) is 0 Å². The lowest BCUT2D eigenvalue weighted by Crippen LogP contribution is -2.13. The number of rotatable bonds is 4. The highest BCUT2D eigenvalue weighted by Crippen LogP contribution is 2.19. The Morgan fingerprint density at radius 3 is 2.73 bits per heavy atom. The van der Waals surface area contributed by atoms with Crippen molar-refractivity contribution in [2.75, 3.05) is 12.8 Å². The molecule has 15 heavy (non-hydrogen) atoms. The van der Waals surface area contributed by atoms with Gasteiger partial charge in [0.05, 0.1) is 6.61 Å². The summed E-state index contributed by atoms with van der Waals surface area (Å²) in [6.45, 7) is 6.00. The van der Waals surface area contributed by atoms with E-state index in [4.69, 9.17) is 15.8 Å². The van der Waals surface area contributed by atoms with E-state index in [1.54, 1.807) is 0 Å². The molecule has 0 fully saturated rings. The molecule has 0 aromatic heterocycles. The van der Waals surface area contributed by atoms with Gasteiger partial charge in [0.15, 0.2) is 0 Å². The number of anilines is 1. The molecular formula is C11H16N2O2. The molecule has 0 saturated heterocycles. The van der Waals surface area contributed by atoms with E-state index in [-0.39, 0.29) is 6.61 Å². The lowest BCUT2D eigenvalue weighted by atomic mass is 10.1. The molecule has 82 valence electrons. The van der Waals surface area contributed by atoms with Crippen LogP contribution in [0.5, 0.6) is 0 Å². The Bertz CT molecular complexity index is 362. The van der Waals surface area contributed by atoms with Crippen molar-refractivity contribution in [3.8, 4) is 0 Å². The molecule has 4 nitrogen and oxygen atoms in total. The van der Waals surface area contributed by atoms with Gasteiger partial charge >= 0.3 is 0 Å². The third kappa shape index (κ3) is 3.36. The van der Waals surface area contributed by atoms with E-state index in [0.29, 0.717) is 10.9 Å². The lowest BCUT2D eigenvalue weighted by molar-refractivity contribution is -0.330. The van der Waals surface area contributed by atoms with Crippen molar-refractivity contribution in [2.45, 2.75) is 13.5 Å². The first-order valence-electron chi connectivity index (χ1n) is 4.60. The van der Waals surface area contributed by atoms with Crippen LogP contribution in [0.25, 0.3) is 5.57 Å². The van der Waals surface area contributed by atoms with Gasteiger partial charge in [-0.15, -0.1) is 0 Å². The van der Waals surface area contributed by atoms with Gasteiger partial charge in [0, 0.05) is 18.3 Å². The van der Waals surface area contributed by atoms with Gasteiger partial charge in [0.1, 0.15) is 0 Å². The SMILES string of the molecule is C=C(C)c1ccc(CON(C)O)c(N)c1. The summed E-state index contributed by atoms with van der Waals surface area (Å²) in [6, 6.07) is 5.63. The fourth-order valence-electron chi connectivity index (χ4n) is 1.15. The number of nitrogens with zero attached hydrogens (tertiary/aromatic N) is 1. The molecule has 3 N–H and O–H groups in total. The number of nitrogens with two attached hydrogens (primary N) is 1. The zero-order valence-electron chi connectivity index (χ0n) is 9.03. The highest BCUT2D eigenvalue weighted by atomic mass is 16.9. The van der Waals surface area contributed by atoms with E-state index in [2.05, 4.69) is 6.58 Å². The fourth-order valence-corrected chi connectivity index (χ4v) is 1.15. The molecule has 0 atom stereocenters. The number of allylic oxidation sites excluding steroid dienone is 1. The van der Waals surface area contributed by atoms with Crippen LogP contribution in [-0.4, -0.2) is 17.5 Å². The number of hydroxylamine groups is 2. The minimum absolute atomic E-state index is 0.245. The second-order valence-corrected chi connectivity index (χ2v) is 3.43. The van der Waals surface area contributed by atoms with Gasteiger partial charge in [0.2, 0.25) is 0 Å². The third-order valence-electron chi connectivity index (χ3n) is 2.05. The van der Waals surface area contributed by atoms with Crippen LogP contribution in [0.1, 0.15) is 18.1 Å². The molecule has 0 aliphatic carbocycles. The zero-order chi connectivity index (χ0) is 11.4. The van der Waals surface area contributed by atoms with Crippen molar-refractivity contribution >= 4 is 11.3 Å². The predicted molar refractivity (Wildman–Crippen MR) is 59.9 cm³/mol. The maximum absolute atomic E-state index is 8.80. The van der Waals surface area contributed by atoms with Crippen LogP contribution in [0.15, 0.2) is 24.8 Å². The molecule has 0 aliphatic heterocycles. The summed E-state index contributed by atoms with van der Waals surface area (Å²) in [5.41, 5.74) is 9.27. The van der Waals surface area contributed by atoms with Gasteiger partial charge in [0.25, 0.3) is 0 Å². The molecule has 0 saturated carbocycles. The minimum atomic E-state index is 0.245. The number of hydrogen-bond donors (Lipinski definition) is 2. The first-order valence-corrected chi connectivity index (χ1v) is 4.60. The summed E-state index contributed by atoms with van der Waals surface area (Å²) in [4.78, 5) is 4.90. The summed E-state index contributed by atoms with van der Waals surface area (Å²) in [7, 11) is 1.40. The summed E-state index contributed by atoms with van der Waals surface area (Å²) >= 11 is 0. The van der Waals surface area contributed by atoms with Gasteiger partial charge in [-0.05, 0) is 18.6 Å². The highest BCUT2D eigenvalue weighted by Gasteiger charge is 2.03. The zero-order valence-corrected chi connectivity index (χ0v) is 9.03. The second-order valence-electron chi connectivity index (χ2n) is 3.43. The minimum Gasteiger partial charge on any atom is -0.398 e. The van der Waals surface area contributed by atoms with E-state index in [9.17, 15) is 0 Å². The van der Waals surface area contributed by atoms with Crippen LogP contribution in [0.4, 0.5) is 5.69 Å². The molecule has 0 bridgehead atoms. The van der Waals surface area contributed by atoms with Crippen LogP contribution in [-0.2, 0) is 11.4 Å². The Morgan fingerprint density at radius 2 is 2.27 bits per heavy atom. The van der Waals surface area contributed by atoms with E-state index < -0.39 is 0 Å². The average molecular weight is 208 g/mol. The molecule has 4 heteroatoms. The van der Waals surface area contributed by atoms with E-state index >= 15 is 0 Å². The Labute approximate surface area is 89.5 Å². The van der Waals surface area contributed by atoms with Crippen molar-refractivity contribution in [1.29, 1.82) is 0 Å². The van der Waals surface area contributed by atoms with Crippen molar-refractivity contribution in [2.24, 2.45) is 0 Å². The van der Waals surface area contributed by atoms with Crippen molar-refractivity contribution < 1.29 is 10.0 Å². The van der Waals surface area contributed by atoms with E-state index in [1.807, 2.05) is 25.1 Å². The van der Waals surface area contributed by atoms with Gasteiger partial charge < -0.3 is 5.73 Å². The average Bonchev–Trinajstić information content (AvgIpc) is 2.15. The largest absolute Gasteiger partial charge is 0.398 e. The van der Waals surface area contributed by atoms with Crippen LogP contribution in [0, 0.1) is 0 Å². The van der Waals surface area contributed by atoms with Gasteiger partial charge in [-0.1, -0.05) is 29.5 Å².